The van der Waals surface area contributed by atoms with E-state index in [-0.39, 0.29) is 10.8 Å². The molecule has 1 unspecified atom stereocenters. The third-order valence-electron chi connectivity index (χ3n) is 2.99. The average Bonchev–Trinajstić information content (AvgIpc) is 2.41. The molecule has 0 fully saturated rings. The molecular formula is C14H17Cl. The third-order valence-corrected chi connectivity index (χ3v) is 3.57. The summed E-state index contributed by atoms with van der Waals surface area (Å²) >= 11 is 6.35. The summed E-state index contributed by atoms with van der Waals surface area (Å²) in [5.74, 6) is 0. The van der Waals surface area contributed by atoms with Gasteiger partial charge in [-0.2, -0.15) is 0 Å². The van der Waals surface area contributed by atoms with Gasteiger partial charge in [-0.1, -0.05) is 50.6 Å². The van der Waals surface area contributed by atoms with Crippen LogP contribution in [0.25, 0.3) is 6.08 Å². The summed E-state index contributed by atoms with van der Waals surface area (Å²) < 4.78 is 0. The van der Waals surface area contributed by atoms with Gasteiger partial charge < -0.3 is 0 Å². The Bertz CT molecular complexity index is 421. The molecular weight excluding hydrogens is 204 g/mol. The van der Waals surface area contributed by atoms with Crippen molar-refractivity contribution in [1.82, 2.24) is 0 Å². The van der Waals surface area contributed by atoms with E-state index in [2.05, 4.69) is 52.0 Å². The van der Waals surface area contributed by atoms with E-state index in [0.29, 0.717) is 0 Å². The molecule has 1 aliphatic rings. The van der Waals surface area contributed by atoms with Crippen molar-refractivity contribution in [2.45, 2.75) is 38.5 Å². The first-order valence-electron chi connectivity index (χ1n) is 5.37. The van der Waals surface area contributed by atoms with E-state index in [1.54, 1.807) is 0 Å². The van der Waals surface area contributed by atoms with Crippen molar-refractivity contribution in [3.05, 3.63) is 40.5 Å². The van der Waals surface area contributed by atoms with Crippen LogP contribution in [0.5, 0.6) is 0 Å². The Labute approximate surface area is 97.0 Å². The first kappa shape index (κ1) is 10.8. The van der Waals surface area contributed by atoms with Crippen LogP contribution in [-0.2, 0) is 5.41 Å². The van der Waals surface area contributed by atoms with Gasteiger partial charge in [0.15, 0.2) is 0 Å². The van der Waals surface area contributed by atoms with E-state index >= 15 is 0 Å². The van der Waals surface area contributed by atoms with Gasteiger partial charge in [0.1, 0.15) is 0 Å². The lowest BCUT2D eigenvalue weighted by atomic mass is 9.83. The maximum Gasteiger partial charge on any atom is 0.0801 e. The summed E-state index contributed by atoms with van der Waals surface area (Å²) in [5, 5.41) is 0.0716. The van der Waals surface area contributed by atoms with Crippen LogP contribution in [0.15, 0.2) is 23.8 Å². The molecule has 0 radical (unpaired) electrons. The number of hydrogen-bond acceptors (Lipinski definition) is 0. The van der Waals surface area contributed by atoms with Gasteiger partial charge in [0, 0.05) is 0 Å². The summed E-state index contributed by atoms with van der Waals surface area (Å²) in [5.41, 5.74) is 5.43. The van der Waals surface area contributed by atoms with Crippen molar-refractivity contribution in [2.24, 2.45) is 0 Å². The van der Waals surface area contributed by atoms with Crippen molar-refractivity contribution in [3.8, 4) is 0 Å². The molecule has 0 bridgehead atoms. The maximum atomic E-state index is 6.35. The fourth-order valence-electron chi connectivity index (χ4n) is 2.17. The second-order valence-electron chi connectivity index (χ2n) is 5.31. The smallest absolute Gasteiger partial charge is 0.0801 e. The Morgan fingerprint density at radius 2 is 1.87 bits per heavy atom. The third kappa shape index (κ3) is 1.72. The molecule has 1 aliphatic carbocycles. The molecule has 1 heteroatoms. The number of benzene rings is 1. The van der Waals surface area contributed by atoms with Gasteiger partial charge in [-0.15, -0.1) is 11.6 Å². The van der Waals surface area contributed by atoms with Gasteiger partial charge in [0.05, 0.1) is 5.38 Å². The molecule has 2 rings (SSSR count). The summed E-state index contributed by atoms with van der Waals surface area (Å²) in [6, 6.07) is 6.45. The number of hydrogen-bond donors (Lipinski definition) is 0. The molecule has 1 atom stereocenters. The van der Waals surface area contributed by atoms with Crippen molar-refractivity contribution in [3.63, 3.8) is 0 Å². The first-order chi connectivity index (χ1) is 6.91. The molecule has 0 saturated heterocycles. The standard InChI is InChI=1S/C14H17Cl/c1-9-8-11-10(13(9)15)6-5-7-12(11)14(2,3)4/h5-8,13H,1-4H3. The quantitative estimate of drug-likeness (QED) is 0.557. The topological polar surface area (TPSA) is 0 Å². The van der Waals surface area contributed by atoms with Crippen molar-refractivity contribution in [1.29, 1.82) is 0 Å². The second-order valence-corrected chi connectivity index (χ2v) is 5.75. The summed E-state index contributed by atoms with van der Waals surface area (Å²) in [6.45, 7) is 8.83. The largest absolute Gasteiger partial charge is 0.113 e. The minimum atomic E-state index is 0.0716. The van der Waals surface area contributed by atoms with Gasteiger partial charge in [-0.3, -0.25) is 0 Å². The van der Waals surface area contributed by atoms with Crippen LogP contribution in [-0.4, -0.2) is 0 Å². The average molecular weight is 221 g/mol. The molecule has 0 aliphatic heterocycles. The minimum Gasteiger partial charge on any atom is -0.113 e. The van der Waals surface area contributed by atoms with Crippen LogP contribution in [0.3, 0.4) is 0 Å². The molecule has 0 saturated carbocycles. The predicted molar refractivity (Wildman–Crippen MR) is 67.4 cm³/mol. The highest BCUT2D eigenvalue weighted by atomic mass is 35.5. The van der Waals surface area contributed by atoms with Gasteiger partial charge in [-0.05, 0) is 29.0 Å². The summed E-state index contributed by atoms with van der Waals surface area (Å²) in [6.07, 6.45) is 2.23. The zero-order valence-electron chi connectivity index (χ0n) is 9.76. The molecule has 15 heavy (non-hydrogen) atoms. The Hall–Kier alpha value is -0.750. The number of allylic oxidation sites excluding steroid dienone is 1. The van der Waals surface area contributed by atoms with E-state index in [9.17, 15) is 0 Å². The van der Waals surface area contributed by atoms with Gasteiger partial charge >= 0.3 is 0 Å². The van der Waals surface area contributed by atoms with E-state index < -0.39 is 0 Å². The maximum absolute atomic E-state index is 6.35. The normalized spacial score (nSPS) is 20.1. The van der Waals surface area contributed by atoms with Crippen LogP contribution in [0, 0.1) is 0 Å². The fourth-order valence-corrected chi connectivity index (χ4v) is 2.42. The van der Waals surface area contributed by atoms with Crippen molar-refractivity contribution in [2.75, 3.05) is 0 Å². The summed E-state index contributed by atoms with van der Waals surface area (Å²) in [4.78, 5) is 0. The van der Waals surface area contributed by atoms with Crippen LogP contribution in [0.1, 0.15) is 49.8 Å². The van der Waals surface area contributed by atoms with E-state index in [1.165, 1.54) is 22.3 Å². The van der Waals surface area contributed by atoms with Gasteiger partial charge in [-0.25, -0.2) is 0 Å². The fraction of sp³-hybridized carbons (Fsp3) is 0.429. The van der Waals surface area contributed by atoms with Crippen LogP contribution in [0.2, 0.25) is 0 Å². The van der Waals surface area contributed by atoms with Crippen molar-refractivity contribution < 1.29 is 0 Å². The Kier molecular flexibility index (Phi) is 2.42. The van der Waals surface area contributed by atoms with Crippen LogP contribution < -0.4 is 0 Å². The van der Waals surface area contributed by atoms with E-state index in [1.807, 2.05) is 0 Å². The van der Waals surface area contributed by atoms with E-state index in [0.717, 1.165) is 0 Å². The lowest BCUT2D eigenvalue weighted by Crippen LogP contribution is -2.13. The highest BCUT2D eigenvalue weighted by Crippen LogP contribution is 2.42. The zero-order chi connectivity index (χ0) is 11.2. The highest BCUT2D eigenvalue weighted by Gasteiger charge is 2.26. The first-order valence-corrected chi connectivity index (χ1v) is 5.80. The van der Waals surface area contributed by atoms with Gasteiger partial charge in [0.2, 0.25) is 0 Å². The number of alkyl halides is 1. The SMILES string of the molecule is CC1=Cc2c(cccc2C(C)(C)C)C1Cl. The number of fused-ring (bicyclic) bond motifs is 1. The molecule has 0 aromatic heterocycles. The molecule has 80 valence electrons. The van der Waals surface area contributed by atoms with E-state index in [4.69, 9.17) is 11.6 Å². The minimum absolute atomic E-state index is 0.0716. The Morgan fingerprint density at radius 3 is 2.47 bits per heavy atom. The number of halogens is 1. The Balaban J connectivity index is 2.63. The van der Waals surface area contributed by atoms with Crippen molar-refractivity contribution >= 4 is 17.7 Å². The highest BCUT2D eigenvalue weighted by molar-refractivity contribution is 6.24. The molecule has 0 amide bonds. The monoisotopic (exact) mass is 220 g/mol. The molecule has 1 aromatic rings. The lowest BCUT2D eigenvalue weighted by molar-refractivity contribution is 0.588. The Morgan fingerprint density at radius 1 is 1.20 bits per heavy atom. The molecule has 0 N–H and O–H groups in total. The molecule has 0 heterocycles. The molecule has 0 spiro atoms. The number of rotatable bonds is 0. The zero-order valence-corrected chi connectivity index (χ0v) is 10.5. The predicted octanol–water partition coefficient (Wildman–Crippen LogP) is 4.68. The second kappa shape index (κ2) is 3.38. The van der Waals surface area contributed by atoms with Gasteiger partial charge in [0.25, 0.3) is 0 Å². The molecule has 0 nitrogen and oxygen atoms in total. The van der Waals surface area contributed by atoms with Crippen LogP contribution in [0.4, 0.5) is 0 Å². The lowest BCUT2D eigenvalue weighted by Gasteiger charge is -2.22. The van der Waals surface area contributed by atoms with Crippen LogP contribution >= 0.6 is 11.6 Å². The summed E-state index contributed by atoms with van der Waals surface area (Å²) in [7, 11) is 0. The molecule has 1 aromatic carbocycles.